The van der Waals surface area contributed by atoms with Gasteiger partial charge < -0.3 is 15.0 Å². The number of nitrogens with one attached hydrogen (secondary N) is 1. The van der Waals surface area contributed by atoms with Gasteiger partial charge >= 0.3 is 0 Å². The normalized spacial score (nSPS) is 19.5. The Labute approximate surface area is 206 Å². The van der Waals surface area contributed by atoms with Crippen molar-refractivity contribution in [2.45, 2.75) is 52.1 Å². The van der Waals surface area contributed by atoms with Gasteiger partial charge in [-0.1, -0.05) is 18.2 Å². The number of hydrogen-bond donors (Lipinski definition) is 1. The van der Waals surface area contributed by atoms with Crippen molar-refractivity contribution in [3.05, 3.63) is 76.6 Å². The molecule has 2 heterocycles. The van der Waals surface area contributed by atoms with E-state index in [2.05, 4.69) is 10.4 Å². The number of hydrogen-bond acceptors (Lipinski definition) is 4. The average molecular weight is 473 g/mol. The van der Waals surface area contributed by atoms with Gasteiger partial charge in [-0.05, 0) is 81.3 Å². The predicted molar refractivity (Wildman–Crippen MR) is 134 cm³/mol. The zero-order chi connectivity index (χ0) is 24.5. The van der Waals surface area contributed by atoms with Gasteiger partial charge in [0.25, 0.3) is 11.8 Å². The van der Waals surface area contributed by atoms with E-state index >= 15 is 0 Å². The molecule has 7 nitrogen and oxygen atoms in total. The van der Waals surface area contributed by atoms with Crippen LogP contribution < -0.4 is 10.1 Å². The van der Waals surface area contributed by atoms with E-state index in [0.717, 1.165) is 60.4 Å². The number of carbonyl (C=O) groups is 2. The molecule has 0 saturated heterocycles. The second kappa shape index (κ2) is 9.56. The van der Waals surface area contributed by atoms with Crippen molar-refractivity contribution < 1.29 is 14.3 Å². The van der Waals surface area contributed by atoms with E-state index in [4.69, 9.17) is 4.74 Å². The first-order valence-corrected chi connectivity index (χ1v) is 12.3. The third kappa shape index (κ3) is 4.67. The molecule has 0 radical (unpaired) electrons. The van der Waals surface area contributed by atoms with Crippen LogP contribution in [0.4, 0.5) is 0 Å². The topological polar surface area (TPSA) is 76.5 Å². The van der Waals surface area contributed by atoms with E-state index in [-0.39, 0.29) is 17.9 Å². The van der Waals surface area contributed by atoms with Crippen LogP contribution in [0.15, 0.2) is 48.5 Å². The lowest BCUT2D eigenvalue weighted by molar-refractivity contribution is 0.0732. The fourth-order valence-corrected chi connectivity index (χ4v) is 5.40. The minimum Gasteiger partial charge on any atom is -0.494 e. The molecule has 182 valence electrons. The van der Waals surface area contributed by atoms with E-state index < -0.39 is 0 Å². The minimum atomic E-state index is -0.0796. The summed E-state index contributed by atoms with van der Waals surface area (Å²) in [5, 5.41) is 7.77. The van der Waals surface area contributed by atoms with Crippen LogP contribution in [0.5, 0.6) is 5.75 Å². The number of aryl methyl sites for hydroxylation is 2. The molecule has 0 bridgehead atoms. The van der Waals surface area contributed by atoms with Gasteiger partial charge in [0.1, 0.15) is 11.4 Å². The zero-order valence-electron chi connectivity index (χ0n) is 20.6. The molecule has 0 atom stereocenters. The molecule has 1 aromatic heterocycles. The monoisotopic (exact) mass is 472 g/mol. The fraction of sp³-hybridized carbons (Fsp3) is 0.393. The highest BCUT2D eigenvalue weighted by molar-refractivity contribution is 5.98. The van der Waals surface area contributed by atoms with Crippen molar-refractivity contribution >= 4 is 11.8 Å². The first-order valence-electron chi connectivity index (χ1n) is 12.3. The van der Waals surface area contributed by atoms with Crippen molar-refractivity contribution in [2.75, 3.05) is 13.7 Å². The number of aromatic nitrogens is 2. The Bertz CT molecular complexity index is 1260. The van der Waals surface area contributed by atoms with Gasteiger partial charge in [-0.2, -0.15) is 5.10 Å². The zero-order valence-corrected chi connectivity index (χ0v) is 20.6. The Balaban J connectivity index is 1.19. The van der Waals surface area contributed by atoms with Crippen LogP contribution in [-0.2, 0) is 6.54 Å². The molecule has 5 rings (SSSR count). The van der Waals surface area contributed by atoms with Crippen LogP contribution >= 0.6 is 0 Å². The molecule has 1 fully saturated rings. The van der Waals surface area contributed by atoms with E-state index in [1.807, 2.05) is 65.9 Å². The minimum absolute atomic E-state index is 0.0796. The van der Waals surface area contributed by atoms with Crippen LogP contribution in [0.25, 0.3) is 5.69 Å². The summed E-state index contributed by atoms with van der Waals surface area (Å²) in [6.45, 7) is 5.43. The number of ether oxygens (including phenoxy) is 1. The molecule has 2 aromatic carbocycles. The van der Waals surface area contributed by atoms with Crippen molar-refractivity contribution in [3.8, 4) is 11.4 Å². The molecule has 2 amide bonds. The molecule has 7 heteroatoms. The molecule has 0 unspecified atom stereocenters. The Morgan fingerprint density at radius 2 is 1.86 bits per heavy atom. The lowest BCUT2D eigenvalue weighted by atomic mass is 9.85. The molecule has 35 heavy (non-hydrogen) atoms. The van der Waals surface area contributed by atoms with Crippen LogP contribution in [0.2, 0.25) is 0 Å². The summed E-state index contributed by atoms with van der Waals surface area (Å²) in [6.07, 6.45) is 3.85. The van der Waals surface area contributed by atoms with E-state index in [9.17, 15) is 9.59 Å². The van der Waals surface area contributed by atoms with Crippen LogP contribution in [0, 0.1) is 19.8 Å². The summed E-state index contributed by atoms with van der Waals surface area (Å²) < 4.78 is 7.34. The lowest BCUT2D eigenvalue weighted by Crippen LogP contribution is -2.40. The second-order valence-electron chi connectivity index (χ2n) is 9.76. The molecular weight excluding hydrogens is 440 g/mol. The summed E-state index contributed by atoms with van der Waals surface area (Å²) in [5.41, 5.74) is 5.21. The number of carbonyl (C=O) groups excluding carboxylic acids is 2. The Hall–Kier alpha value is -3.61. The summed E-state index contributed by atoms with van der Waals surface area (Å²) >= 11 is 0. The lowest BCUT2D eigenvalue weighted by Gasteiger charge is -2.31. The third-order valence-electron chi connectivity index (χ3n) is 7.24. The van der Waals surface area contributed by atoms with E-state index in [0.29, 0.717) is 23.8 Å². The predicted octanol–water partition coefficient (Wildman–Crippen LogP) is 4.44. The number of methoxy groups -OCH3 is 1. The number of amides is 2. The molecule has 1 N–H and O–H groups in total. The summed E-state index contributed by atoms with van der Waals surface area (Å²) in [4.78, 5) is 27.7. The largest absolute Gasteiger partial charge is 0.494 e. The average Bonchev–Trinajstić information content (AvgIpc) is 3.37. The highest BCUT2D eigenvalue weighted by Crippen LogP contribution is 2.30. The highest BCUT2D eigenvalue weighted by atomic mass is 16.5. The fourth-order valence-electron chi connectivity index (χ4n) is 5.40. The van der Waals surface area contributed by atoms with E-state index in [1.165, 1.54) is 0 Å². The first-order chi connectivity index (χ1) is 16.9. The van der Waals surface area contributed by atoms with Gasteiger partial charge in [0.15, 0.2) is 0 Å². The number of nitrogens with zero attached hydrogens (tertiary/aromatic N) is 3. The maximum absolute atomic E-state index is 13.1. The Kier molecular flexibility index (Phi) is 6.32. The summed E-state index contributed by atoms with van der Waals surface area (Å²) in [5.74, 6) is 1.21. The number of rotatable bonds is 6. The van der Waals surface area contributed by atoms with Crippen molar-refractivity contribution in [1.82, 2.24) is 20.0 Å². The highest BCUT2D eigenvalue weighted by Gasteiger charge is 2.31. The quantitative estimate of drug-likeness (QED) is 0.575. The molecule has 2 aliphatic rings. The van der Waals surface area contributed by atoms with Gasteiger partial charge in [0.05, 0.1) is 12.8 Å². The molecule has 1 aliphatic heterocycles. The van der Waals surface area contributed by atoms with Crippen LogP contribution in [-0.4, -0.2) is 46.2 Å². The Morgan fingerprint density at radius 1 is 1.09 bits per heavy atom. The number of fused-ring (bicyclic) bond motifs is 1. The SMILES string of the molecule is COc1ccc(C(=O)NC2CCC(CN3Cc4ccccc4C3=O)CC2)cc1-n1nc(C)cc1C. The molecule has 1 saturated carbocycles. The van der Waals surface area contributed by atoms with Gasteiger partial charge in [-0.15, -0.1) is 0 Å². The molecule has 3 aromatic rings. The molecular formula is C28H32N4O3. The van der Waals surface area contributed by atoms with Gasteiger partial charge in [-0.3, -0.25) is 9.59 Å². The maximum atomic E-state index is 13.1. The van der Waals surface area contributed by atoms with Crippen LogP contribution in [0.3, 0.4) is 0 Å². The van der Waals surface area contributed by atoms with Gasteiger partial charge in [0, 0.05) is 36.0 Å². The van der Waals surface area contributed by atoms with Crippen molar-refractivity contribution in [2.24, 2.45) is 5.92 Å². The Morgan fingerprint density at radius 3 is 2.54 bits per heavy atom. The summed E-state index contributed by atoms with van der Waals surface area (Å²) in [7, 11) is 1.62. The second-order valence-corrected chi connectivity index (χ2v) is 9.76. The maximum Gasteiger partial charge on any atom is 0.254 e. The number of benzene rings is 2. The molecule has 0 spiro atoms. The van der Waals surface area contributed by atoms with Gasteiger partial charge in [-0.25, -0.2) is 4.68 Å². The van der Waals surface area contributed by atoms with Crippen molar-refractivity contribution in [3.63, 3.8) is 0 Å². The van der Waals surface area contributed by atoms with E-state index in [1.54, 1.807) is 13.2 Å². The van der Waals surface area contributed by atoms with Gasteiger partial charge in [0.2, 0.25) is 0 Å². The smallest absolute Gasteiger partial charge is 0.254 e. The van der Waals surface area contributed by atoms with Crippen molar-refractivity contribution in [1.29, 1.82) is 0 Å². The third-order valence-corrected chi connectivity index (χ3v) is 7.24. The molecule has 1 aliphatic carbocycles. The summed E-state index contributed by atoms with van der Waals surface area (Å²) in [6, 6.07) is 15.5. The first kappa shape index (κ1) is 23.1. The van der Waals surface area contributed by atoms with Crippen LogP contribution in [0.1, 0.15) is 63.4 Å². The standard InChI is InChI=1S/C28H32N4O3/c1-18-14-19(2)32(30-18)25-15-21(10-13-26(25)35-3)27(33)29-23-11-8-20(9-12-23)16-31-17-22-6-4-5-7-24(22)28(31)34/h4-7,10,13-15,20,23H,8-9,11-12,16-17H2,1-3H3,(H,29,33).